The minimum atomic E-state index is -4.57. The molecule has 8 nitrogen and oxygen atoms in total. The molecule has 4 aromatic heterocycles. The topological polar surface area (TPSA) is 112 Å². The molecule has 0 amide bonds. The molecule has 0 aliphatic carbocycles. The molecule has 13 heteroatoms. The van der Waals surface area contributed by atoms with Gasteiger partial charge in [0.05, 0.1) is 10.4 Å². The average molecular weight is 483 g/mol. The Morgan fingerprint density at radius 3 is 2.75 bits per heavy atom. The quantitative estimate of drug-likeness (QED) is 0.374. The molecule has 0 bridgehead atoms. The van der Waals surface area contributed by atoms with E-state index in [1.807, 2.05) is 6.92 Å². The van der Waals surface area contributed by atoms with E-state index in [0.29, 0.717) is 39.5 Å². The first-order valence-electron chi connectivity index (χ1n) is 9.92. The fraction of sp³-hybridized carbons (Fsp3) is 0.368. The number of nitrogens with one attached hydrogen (secondary N) is 2. The standard InChI is InChI=1S/C19H18ClF3N8S/c1-2-10-13(20)12-15(26-10)29-18(30-16(12)31-4-3-8(24)7-31)32-9-5-11-14(25-6-9)28-17(27-11)19(21,22)23/h5-6,8H,2-4,7,24H2,1H3,(H,25,27,28)(H,26,29,30). The van der Waals surface area contributed by atoms with Crippen molar-refractivity contribution in [1.82, 2.24) is 29.9 Å². The molecule has 5 heterocycles. The van der Waals surface area contributed by atoms with Crippen LogP contribution in [0.25, 0.3) is 22.2 Å². The van der Waals surface area contributed by atoms with Crippen molar-refractivity contribution in [3.8, 4) is 0 Å². The van der Waals surface area contributed by atoms with Crippen molar-refractivity contribution in [3.63, 3.8) is 0 Å². The lowest BCUT2D eigenvalue weighted by atomic mass is 10.3. The van der Waals surface area contributed by atoms with Gasteiger partial charge in [-0.25, -0.2) is 19.9 Å². The average Bonchev–Trinajstić information content (AvgIpc) is 3.44. The van der Waals surface area contributed by atoms with Crippen LogP contribution in [-0.4, -0.2) is 49.0 Å². The Morgan fingerprint density at radius 1 is 1.25 bits per heavy atom. The number of imidazole rings is 1. The molecule has 1 fully saturated rings. The number of nitrogens with zero attached hydrogens (tertiary/aromatic N) is 5. The van der Waals surface area contributed by atoms with Crippen molar-refractivity contribution in [3.05, 3.63) is 28.8 Å². The van der Waals surface area contributed by atoms with E-state index in [-0.39, 0.29) is 17.2 Å². The van der Waals surface area contributed by atoms with E-state index < -0.39 is 12.0 Å². The Balaban J connectivity index is 1.55. The fourth-order valence-corrected chi connectivity index (χ4v) is 4.85. The fourth-order valence-electron chi connectivity index (χ4n) is 3.74. The Morgan fingerprint density at radius 2 is 2.06 bits per heavy atom. The number of hydrogen-bond acceptors (Lipinski definition) is 7. The molecule has 0 saturated carbocycles. The van der Waals surface area contributed by atoms with Gasteiger partial charge in [0, 0.05) is 35.9 Å². The zero-order valence-electron chi connectivity index (χ0n) is 16.8. The minimum absolute atomic E-state index is 0.0496. The van der Waals surface area contributed by atoms with Crippen LogP contribution in [0.4, 0.5) is 19.0 Å². The Kier molecular flexibility index (Phi) is 5.18. The molecule has 1 unspecified atom stereocenters. The normalized spacial score (nSPS) is 17.2. The first-order valence-corrected chi connectivity index (χ1v) is 11.1. The van der Waals surface area contributed by atoms with Crippen LogP contribution >= 0.6 is 23.4 Å². The molecule has 4 aromatic rings. The van der Waals surface area contributed by atoms with Gasteiger partial charge in [0.15, 0.2) is 10.8 Å². The third-order valence-corrected chi connectivity index (χ3v) is 6.53. The lowest BCUT2D eigenvalue weighted by molar-refractivity contribution is -0.144. The third-order valence-electron chi connectivity index (χ3n) is 5.29. The number of H-pyrrole nitrogens is 2. The number of rotatable bonds is 4. The number of aromatic nitrogens is 6. The van der Waals surface area contributed by atoms with Crippen LogP contribution in [0.1, 0.15) is 24.9 Å². The summed E-state index contributed by atoms with van der Waals surface area (Å²) < 4.78 is 38.8. The summed E-state index contributed by atoms with van der Waals surface area (Å²) >= 11 is 7.79. The predicted molar refractivity (Wildman–Crippen MR) is 116 cm³/mol. The molecular weight excluding hydrogens is 465 g/mol. The number of anilines is 1. The van der Waals surface area contributed by atoms with Crippen LogP contribution in [0.3, 0.4) is 0 Å². The van der Waals surface area contributed by atoms with Crippen molar-refractivity contribution in [2.45, 2.75) is 42.0 Å². The van der Waals surface area contributed by atoms with Gasteiger partial charge in [0.1, 0.15) is 17.0 Å². The SMILES string of the molecule is CCc1[nH]c2nc(Sc3cnc4[nH]c(C(F)(F)F)nc4c3)nc(N3CCC(N)C3)c2c1Cl. The van der Waals surface area contributed by atoms with Gasteiger partial charge in [-0.3, -0.25) is 0 Å². The summed E-state index contributed by atoms with van der Waals surface area (Å²) in [7, 11) is 0. The van der Waals surface area contributed by atoms with Crippen molar-refractivity contribution in [1.29, 1.82) is 0 Å². The van der Waals surface area contributed by atoms with Crippen molar-refractivity contribution in [2.75, 3.05) is 18.0 Å². The number of alkyl halides is 3. The third kappa shape index (κ3) is 3.76. The highest BCUT2D eigenvalue weighted by molar-refractivity contribution is 7.99. The summed E-state index contributed by atoms with van der Waals surface area (Å²) in [5, 5.41) is 1.76. The molecule has 1 atom stereocenters. The largest absolute Gasteiger partial charge is 0.449 e. The first kappa shape index (κ1) is 21.3. The van der Waals surface area contributed by atoms with Gasteiger partial charge in [-0.15, -0.1) is 0 Å². The maximum absolute atomic E-state index is 12.9. The van der Waals surface area contributed by atoms with Crippen LogP contribution in [-0.2, 0) is 12.6 Å². The minimum Gasteiger partial charge on any atom is -0.354 e. The lowest BCUT2D eigenvalue weighted by Gasteiger charge is -2.18. The predicted octanol–water partition coefficient (Wildman–Crippen LogP) is 4.15. The van der Waals surface area contributed by atoms with Crippen LogP contribution in [0, 0.1) is 0 Å². The van der Waals surface area contributed by atoms with E-state index >= 15 is 0 Å². The van der Waals surface area contributed by atoms with Crippen LogP contribution < -0.4 is 10.6 Å². The van der Waals surface area contributed by atoms with E-state index in [1.54, 1.807) is 0 Å². The molecule has 4 N–H and O–H groups in total. The molecule has 1 aliphatic heterocycles. The number of fused-ring (bicyclic) bond motifs is 2. The smallest absolute Gasteiger partial charge is 0.354 e. The van der Waals surface area contributed by atoms with E-state index in [0.717, 1.165) is 24.0 Å². The molecule has 0 spiro atoms. The van der Waals surface area contributed by atoms with Crippen LogP contribution in [0.5, 0.6) is 0 Å². The number of hydrogen-bond donors (Lipinski definition) is 3. The monoisotopic (exact) mass is 482 g/mol. The Labute approximate surface area is 189 Å². The molecule has 0 aromatic carbocycles. The molecular formula is C19H18ClF3N8S. The van der Waals surface area contributed by atoms with Crippen LogP contribution in [0.15, 0.2) is 22.3 Å². The molecule has 5 rings (SSSR count). The van der Waals surface area contributed by atoms with E-state index in [9.17, 15) is 13.2 Å². The zero-order chi connectivity index (χ0) is 22.6. The summed E-state index contributed by atoms with van der Waals surface area (Å²) in [4.78, 5) is 25.1. The van der Waals surface area contributed by atoms with Gasteiger partial charge in [-0.2, -0.15) is 13.2 Å². The van der Waals surface area contributed by atoms with Crippen molar-refractivity contribution < 1.29 is 13.2 Å². The highest BCUT2D eigenvalue weighted by Crippen LogP contribution is 2.38. The highest BCUT2D eigenvalue weighted by atomic mass is 35.5. The van der Waals surface area contributed by atoms with Crippen molar-refractivity contribution in [2.24, 2.45) is 5.73 Å². The summed E-state index contributed by atoms with van der Waals surface area (Å²) in [5.41, 5.74) is 7.74. The second kappa shape index (κ2) is 7.78. The molecule has 32 heavy (non-hydrogen) atoms. The molecule has 1 saturated heterocycles. The van der Waals surface area contributed by atoms with Gasteiger partial charge in [-0.05, 0) is 30.7 Å². The van der Waals surface area contributed by atoms with Crippen molar-refractivity contribution >= 4 is 51.4 Å². The highest BCUT2D eigenvalue weighted by Gasteiger charge is 2.35. The Bertz CT molecular complexity index is 1320. The maximum atomic E-state index is 12.9. The number of nitrogens with two attached hydrogens (primary N) is 1. The number of aryl methyl sites for hydroxylation is 1. The summed E-state index contributed by atoms with van der Waals surface area (Å²) in [6.45, 7) is 3.40. The summed E-state index contributed by atoms with van der Waals surface area (Å²) in [6, 6.07) is 1.57. The molecule has 168 valence electrons. The van der Waals surface area contributed by atoms with Gasteiger partial charge < -0.3 is 20.6 Å². The van der Waals surface area contributed by atoms with E-state index in [1.165, 1.54) is 24.0 Å². The zero-order valence-corrected chi connectivity index (χ0v) is 18.4. The van der Waals surface area contributed by atoms with E-state index in [4.69, 9.17) is 22.3 Å². The summed E-state index contributed by atoms with van der Waals surface area (Å²) in [6.07, 6.45) is -1.56. The second-order valence-corrected chi connectivity index (χ2v) is 8.96. The lowest BCUT2D eigenvalue weighted by Crippen LogP contribution is -2.27. The van der Waals surface area contributed by atoms with Gasteiger partial charge in [0.25, 0.3) is 0 Å². The summed E-state index contributed by atoms with van der Waals surface area (Å²) in [5.74, 6) is -0.389. The maximum Gasteiger partial charge on any atom is 0.449 e. The first-order chi connectivity index (χ1) is 15.2. The number of halogens is 4. The number of pyridine rings is 1. The Hall–Kier alpha value is -2.57. The van der Waals surface area contributed by atoms with Gasteiger partial charge >= 0.3 is 6.18 Å². The van der Waals surface area contributed by atoms with Gasteiger partial charge in [-0.1, -0.05) is 18.5 Å². The molecule has 0 radical (unpaired) electrons. The van der Waals surface area contributed by atoms with Gasteiger partial charge in [0.2, 0.25) is 5.82 Å². The second-order valence-electron chi connectivity index (χ2n) is 7.54. The number of aromatic amines is 2. The van der Waals surface area contributed by atoms with Crippen LogP contribution in [0.2, 0.25) is 5.02 Å². The van der Waals surface area contributed by atoms with E-state index in [2.05, 4.69) is 29.8 Å². The molecule has 1 aliphatic rings.